The highest BCUT2D eigenvalue weighted by atomic mass is 16.1. The van der Waals surface area contributed by atoms with Crippen molar-refractivity contribution in [2.45, 2.75) is 65.2 Å². The minimum atomic E-state index is -0.423. The van der Waals surface area contributed by atoms with Gasteiger partial charge in [-0.2, -0.15) is 0 Å². The van der Waals surface area contributed by atoms with Crippen molar-refractivity contribution in [2.75, 3.05) is 23.9 Å². The summed E-state index contributed by atoms with van der Waals surface area (Å²) in [6.45, 7) is 12.0. The van der Waals surface area contributed by atoms with Gasteiger partial charge in [0.05, 0.1) is 5.70 Å². The first-order valence-corrected chi connectivity index (χ1v) is 18.1. The zero-order valence-electron chi connectivity index (χ0n) is 31.7. The second-order valence-corrected chi connectivity index (χ2v) is 14.8. The van der Waals surface area contributed by atoms with Crippen LogP contribution in [0, 0.1) is 0 Å². The van der Waals surface area contributed by atoms with Gasteiger partial charge in [0.1, 0.15) is 0 Å². The van der Waals surface area contributed by atoms with Crippen LogP contribution in [-0.4, -0.2) is 31.4 Å². The van der Waals surface area contributed by atoms with E-state index in [0.29, 0.717) is 5.56 Å². The Morgan fingerprint density at radius 1 is 0.788 bits per heavy atom. The maximum Gasteiger partial charge on any atom is 0.159 e. The Hall–Kier alpha value is -5.55. The van der Waals surface area contributed by atoms with Crippen LogP contribution >= 0.6 is 0 Å². The number of aliphatic imine (C=N–C) groups is 1. The lowest BCUT2D eigenvalue weighted by Gasteiger charge is -2.29. The van der Waals surface area contributed by atoms with Gasteiger partial charge in [0, 0.05) is 64.5 Å². The van der Waals surface area contributed by atoms with E-state index >= 15 is 0 Å². The van der Waals surface area contributed by atoms with Gasteiger partial charge in [-0.1, -0.05) is 94.4 Å². The average molecular weight is 688 g/mol. The highest BCUT2D eigenvalue weighted by molar-refractivity contribution is 6.04. The minimum absolute atomic E-state index is 0.0528. The number of carbonyl (C=O) groups excluding carboxylic acids is 2. The van der Waals surface area contributed by atoms with Gasteiger partial charge in [0.25, 0.3) is 0 Å². The number of Topliss-reactive ketones (excluding diaryl/α,β-unsaturated/α-hetero) is 2. The molecule has 0 unspecified atom stereocenters. The molecule has 0 N–H and O–H groups in total. The number of rotatable bonds is 10. The number of nitrogens with zero attached hydrogens (tertiary/aromatic N) is 3. The molecule has 2 aliphatic rings. The molecule has 0 saturated heterocycles. The van der Waals surface area contributed by atoms with Gasteiger partial charge in [-0.3, -0.25) is 14.6 Å². The summed E-state index contributed by atoms with van der Waals surface area (Å²) >= 11 is 0. The Morgan fingerprint density at radius 2 is 1.40 bits per heavy atom. The van der Waals surface area contributed by atoms with Gasteiger partial charge in [-0.15, -0.1) is 0 Å². The van der Waals surface area contributed by atoms with Crippen molar-refractivity contribution in [1.82, 2.24) is 0 Å². The average Bonchev–Trinajstić information content (AvgIpc) is 3.62. The molecule has 0 fully saturated rings. The monoisotopic (exact) mass is 687 g/mol. The molecular weight excluding hydrogens is 639 g/mol. The van der Waals surface area contributed by atoms with Crippen LogP contribution in [0.15, 0.2) is 155 Å². The topological polar surface area (TPSA) is 53.0 Å². The van der Waals surface area contributed by atoms with Gasteiger partial charge in [0.2, 0.25) is 0 Å². The molecule has 1 aliphatic heterocycles. The fourth-order valence-electron chi connectivity index (χ4n) is 7.64. The summed E-state index contributed by atoms with van der Waals surface area (Å²) < 4.78 is 0. The molecule has 0 bridgehead atoms. The number of anilines is 3. The molecule has 0 saturated carbocycles. The molecule has 1 heterocycles. The van der Waals surface area contributed by atoms with Crippen LogP contribution in [0.25, 0.3) is 0 Å². The third-order valence-corrected chi connectivity index (χ3v) is 10.7. The van der Waals surface area contributed by atoms with E-state index in [1.807, 2.05) is 31.3 Å². The Labute approximate surface area is 309 Å². The fraction of sp³-hybridized carbons (Fsp3) is 0.255. The molecule has 0 aromatic heterocycles. The lowest BCUT2D eigenvalue weighted by atomic mass is 9.79. The number of ketones is 2. The molecule has 5 nitrogen and oxygen atoms in total. The Balaban J connectivity index is 1.48. The van der Waals surface area contributed by atoms with E-state index < -0.39 is 5.41 Å². The van der Waals surface area contributed by atoms with Crippen LogP contribution in [0.5, 0.6) is 0 Å². The van der Waals surface area contributed by atoms with Crippen LogP contribution in [0.2, 0.25) is 0 Å². The normalized spacial score (nSPS) is 17.4. The Morgan fingerprint density at radius 3 is 2.00 bits per heavy atom. The number of para-hydroxylation sites is 2. The Kier molecular flexibility index (Phi) is 10.2. The third kappa shape index (κ3) is 6.88. The van der Waals surface area contributed by atoms with Gasteiger partial charge >= 0.3 is 0 Å². The fourth-order valence-corrected chi connectivity index (χ4v) is 7.64. The van der Waals surface area contributed by atoms with Crippen molar-refractivity contribution in [2.24, 2.45) is 4.99 Å². The molecule has 0 radical (unpaired) electrons. The van der Waals surface area contributed by atoms with Crippen molar-refractivity contribution in [3.05, 3.63) is 172 Å². The SMILES string of the molecule is CN=C(/C=C/C1=C(N(c2ccccc2)c2ccccc2)C(=C/C=C2/N(C)c3ccc(C(C)=O)cc3C2(C)C)/CC1)C(C)(C)c1cccc(C(C)=O)c1. The van der Waals surface area contributed by atoms with Gasteiger partial charge in [-0.25, -0.2) is 0 Å². The summed E-state index contributed by atoms with van der Waals surface area (Å²) in [7, 11) is 3.96. The predicted octanol–water partition coefficient (Wildman–Crippen LogP) is 11.1. The first-order valence-electron chi connectivity index (χ1n) is 18.1. The summed E-state index contributed by atoms with van der Waals surface area (Å²) in [5.74, 6) is 0.130. The number of likely N-dealkylation sites (N-methyl/N-ethyl adjacent to an activating group) is 1. The number of carbonyl (C=O) groups is 2. The molecule has 52 heavy (non-hydrogen) atoms. The molecule has 5 heteroatoms. The van der Waals surface area contributed by atoms with E-state index in [0.717, 1.165) is 58.0 Å². The second kappa shape index (κ2) is 14.6. The van der Waals surface area contributed by atoms with Crippen LogP contribution in [-0.2, 0) is 10.8 Å². The zero-order valence-corrected chi connectivity index (χ0v) is 31.7. The molecule has 4 aromatic carbocycles. The molecular formula is C47H49N3O2. The quantitative estimate of drug-likeness (QED) is 0.123. The third-order valence-electron chi connectivity index (χ3n) is 10.7. The zero-order chi connectivity index (χ0) is 37.2. The smallest absolute Gasteiger partial charge is 0.159 e. The molecule has 0 amide bonds. The highest BCUT2D eigenvalue weighted by Crippen LogP contribution is 2.48. The van der Waals surface area contributed by atoms with Crippen molar-refractivity contribution < 1.29 is 9.59 Å². The second-order valence-electron chi connectivity index (χ2n) is 14.8. The first kappa shape index (κ1) is 36.2. The predicted molar refractivity (Wildman–Crippen MR) is 217 cm³/mol. The molecule has 6 rings (SSSR count). The summed E-state index contributed by atoms with van der Waals surface area (Å²) in [4.78, 5) is 33.9. The summed E-state index contributed by atoms with van der Waals surface area (Å²) in [5, 5.41) is 0. The first-order chi connectivity index (χ1) is 24.8. The summed E-state index contributed by atoms with van der Waals surface area (Å²) in [6, 6.07) is 35.1. The molecule has 0 spiro atoms. The van der Waals surface area contributed by atoms with E-state index in [4.69, 9.17) is 4.99 Å². The van der Waals surface area contributed by atoms with E-state index in [2.05, 4.69) is 148 Å². The minimum Gasteiger partial charge on any atom is -0.347 e. The number of benzene rings is 4. The lowest BCUT2D eigenvalue weighted by molar-refractivity contribution is 0.100. The van der Waals surface area contributed by atoms with Crippen molar-refractivity contribution in [1.29, 1.82) is 0 Å². The Bertz CT molecular complexity index is 2120. The molecule has 4 aromatic rings. The van der Waals surface area contributed by atoms with Gasteiger partial charge < -0.3 is 9.80 Å². The number of allylic oxidation sites excluding steroid dienone is 7. The van der Waals surface area contributed by atoms with Crippen molar-refractivity contribution in [3.63, 3.8) is 0 Å². The van der Waals surface area contributed by atoms with Crippen LogP contribution in [0.3, 0.4) is 0 Å². The number of hydrogen-bond acceptors (Lipinski definition) is 5. The van der Waals surface area contributed by atoms with E-state index in [9.17, 15) is 9.59 Å². The summed E-state index contributed by atoms with van der Waals surface area (Å²) in [6.07, 6.45) is 10.7. The largest absolute Gasteiger partial charge is 0.347 e. The summed E-state index contributed by atoms with van der Waals surface area (Å²) in [5.41, 5.74) is 12.0. The standard InChI is InChI=1S/C47H49N3O2/c1-32(51)36-16-15-17-38(30-36)46(3,4)43(48-7)28-25-34-22-23-35(45(34)50(39-18-11-9-12-19-39)40-20-13-10-14-21-40)26-29-44-47(5,6)41-31-37(33(2)52)24-27-42(41)49(44)8/h9-21,24-31H,22-23H2,1-8H3/b28-25+,35-26+,44-29+,48-43?. The molecule has 1 aliphatic carbocycles. The van der Waals surface area contributed by atoms with E-state index in [1.54, 1.807) is 13.8 Å². The maximum absolute atomic E-state index is 12.3. The highest BCUT2D eigenvalue weighted by Gasteiger charge is 2.39. The van der Waals surface area contributed by atoms with Crippen molar-refractivity contribution in [3.8, 4) is 0 Å². The number of hydrogen-bond donors (Lipinski definition) is 0. The molecule has 264 valence electrons. The molecule has 0 atom stereocenters. The van der Waals surface area contributed by atoms with Crippen LogP contribution < -0.4 is 9.80 Å². The van der Waals surface area contributed by atoms with Crippen LogP contribution in [0.1, 0.15) is 86.2 Å². The van der Waals surface area contributed by atoms with E-state index in [1.165, 1.54) is 16.8 Å². The maximum atomic E-state index is 12.3. The number of fused-ring (bicyclic) bond motifs is 1. The van der Waals surface area contributed by atoms with Gasteiger partial charge in [-0.05, 0) is 110 Å². The van der Waals surface area contributed by atoms with Gasteiger partial charge in [0.15, 0.2) is 11.6 Å². The van der Waals surface area contributed by atoms with Crippen LogP contribution in [0.4, 0.5) is 17.1 Å². The van der Waals surface area contributed by atoms with Crippen molar-refractivity contribution >= 4 is 34.3 Å². The lowest BCUT2D eigenvalue weighted by Crippen LogP contribution is -2.28. The van der Waals surface area contributed by atoms with E-state index in [-0.39, 0.29) is 17.0 Å².